The fraction of sp³-hybridized carbons (Fsp3) is 0.143. The third-order valence-electron chi connectivity index (χ3n) is 8.52. The lowest BCUT2D eigenvalue weighted by Crippen LogP contribution is -2.45. The van der Waals surface area contributed by atoms with Crippen molar-refractivity contribution < 1.29 is 23.9 Å². The number of amides is 2. The lowest BCUT2D eigenvalue weighted by molar-refractivity contribution is -0.121. The summed E-state index contributed by atoms with van der Waals surface area (Å²) in [7, 11) is 1.88. The van der Waals surface area contributed by atoms with E-state index in [0.717, 1.165) is 27.6 Å². The number of halogens is 1. The monoisotopic (exact) mass is 629 g/mol. The molecule has 234 valence electrons. The van der Waals surface area contributed by atoms with Gasteiger partial charge in [-0.05, 0) is 83.6 Å². The Morgan fingerprint density at radius 1 is 1.00 bits per heavy atom. The van der Waals surface area contributed by atoms with Crippen molar-refractivity contribution in [3.05, 3.63) is 125 Å². The summed E-state index contributed by atoms with van der Waals surface area (Å²) in [6, 6.07) is 21.3. The zero-order valence-electron chi connectivity index (χ0n) is 25.4. The van der Waals surface area contributed by atoms with Crippen molar-refractivity contribution in [2.45, 2.75) is 19.4 Å². The molecule has 0 fully saturated rings. The molecule has 1 aliphatic heterocycles. The van der Waals surface area contributed by atoms with Crippen molar-refractivity contribution in [1.82, 2.24) is 29.7 Å². The number of aromatic nitrogens is 5. The van der Waals surface area contributed by atoms with Gasteiger partial charge in [0.2, 0.25) is 0 Å². The van der Waals surface area contributed by atoms with Gasteiger partial charge in [0, 0.05) is 24.7 Å². The first-order valence-electron chi connectivity index (χ1n) is 14.9. The molecule has 0 spiro atoms. The number of rotatable bonds is 6. The van der Waals surface area contributed by atoms with Gasteiger partial charge < -0.3 is 15.3 Å². The van der Waals surface area contributed by atoms with Crippen LogP contribution in [0.25, 0.3) is 27.7 Å². The molecule has 7 rings (SSSR count). The summed E-state index contributed by atoms with van der Waals surface area (Å²) >= 11 is 0. The molecule has 6 aromatic rings. The van der Waals surface area contributed by atoms with Crippen LogP contribution in [0.5, 0.6) is 0 Å². The highest BCUT2D eigenvalue weighted by Crippen LogP contribution is 2.38. The quantitative estimate of drug-likeness (QED) is 0.254. The van der Waals surface area contributed by atoms with Gasteiger partial charge in [0.1, 0.15) is 11.7 Å². The minimum Gasteiger partial charge on any atom is -0.478 e. The molecule has 1 aliphatic rings. The van der Waals surface area contributed by atoms with E-state index in [1.807, 2.05) is 37.4 Å². The van der Waals surface area contributed by atoms with Crippen molar-refractivity contribution in [3.8, 4) is 16.8 Å². The van der Waals surface area contributed by atoms with E-state index in [1.54, 1.807) is 36.0 Å². The van der Waals surface area contributed by atoms with Crippen molar-refractivity contribution in [3.63, 3.8) is 0 Å². The van der Waals surface area contributed by atoms with Crippen LogP contribution in [-0.4, -0.2) is 59.1 Å². The number of carboxylic acid groups (broad SMARTS) is 1. The van der Waals surface area contributed by atoms with Gasteiger partial charge in [0.15, 0.2) is 11.5 Å². The van der Waals surface area contributed by atoms with Gasteiger partial charge in [-0.1, -0.05) is 41.6 Å². The summed E-state index contributed by atoms with van der Waals surface area (Å²) < 4.78 is 17.9. The standard InChI is InChI=1S/C35H28FN7O4/c1-20-5-3-8-30(31(20)36)43-19-28(39-40-43)34(45)42-16-15-26-25(22-11-14-29-23(17-22)18-37-41(29)2)6-4-7-27(26)32(42)33(44)38-24-12-9-21(10-13-24)35(46)47/h3-14,17-19,32H,15-16H2,1-2H3,(H,38,44)(H,46,47). The number of nitrogens with one attached hydrogen (secondary N) is 1. The van der Waals surface area contributed by atoms with Gasteiger partial charge in [-0.25, -0.2) is 13.9 Å². The number of hydrogen-bond donors (Lipinski definition) is 2. The SMILES string of the molecule is Cc1cccc(-n2cc(C(=O)N3CCc4c(-c5ccc6c(cnn6C)c5)cccc4C3C(=O)Nc3ccc(C(=O)O)cc3)nn2)c1F. The second-order valence-corrected chi connectivity index (χ2v) is 11.4. The van der Waals surface area contributed by atoms with Gasteiger partial charge in [0.25, 0.3) is 11.8 Å². The molecular formula is C35H28FN7O4. The van der Waals surface area contributed by atoms with Crippen molar-refractivity contribution in [2.75, 3.05) is 11.9 Å². The molecule has 4 aromatic carbocycles. The Kier molecular flexibility index (Phi) is 7.31. The first kappa shape index (κ1) is 29.5. The summed E-state index contributed by atoms with van der Waals surface area (Å²) in [5, 5.41) is 25.5. The van der Waals surface area contributed by atoms with Crippen LogP contribution in [0.1, 0.15) is 43.6 Å². The van der Waals surface area contributed by atoms with Crippen LogP contribution in [0.3, 0.4) is 0 Å². The molecule has 0 bridgehead atoms. The fourth-order valence-electron chi connectivity index (χ4n) is 6.11. The Morgan fingerprint density at radius 2 is 1.79 bits per heavy atom. The largest absolute Gasteiger partial charge is 0.478 e. The van der Waals surface area contributed by atoms with Crippen LogP contribution >= 0.6 is 0 Å². The predicted molar refractivity (Wildman–Crippen MR) is 172 cm³/mol. The summed E-state index contributed by atoms with van der Waals surface area (Å²) in [6.45, 7) is 1.83. The number of carbonyl (C=O) groups is 3. The molecule has 0 saturated heterocycles. The maximum atomic E-state index is 14.9. The molecule has 11 nitrogen and oxygen atoms in total. The van der Waals surface area contributed by atoms with Gasteiger partial charge in [0.05, 0.1) is 23.5 Å². The molecule has 0 saturated carbocycles. The molecular weight excluding hydrogens is 601 g/mol. The van der Waals surface area contributed by atoms with Gasteiger partial charge in [-0.15, -0.1) is 5.10 Å². The number of aromatic carboxylic acids is 1. The van der Waals surface area contributed by atoms with Gasteiger partial charge in [-0.2, -0.15) is 5.10 Å². The van der Waals surface area contributed by atoms with Crippen LogP contribution < -0.4 is 5.32 Å². The number of carbonyl (C=O) groups excluding carboxylic acids is 2. The van der Waals surface area contributed by atoms with Crippen LogP contribution in [0.15, 0.2) is 91.3 Å². The molecule has 47 heavy (non-hydrogen) atoms. The zero-order chi connectivity index (χ0) is 32.8. The molecule has 2 amide bonds. The van der Waals surface area contributed by atoms with Crippen LogP contribution in [0.4, 0.5) is 10.1 Å². The summed E-state index contributed by atoms with van der Waals surface area (Å²) in [4.78, 5) is 41.0. The first-order chi connectivity index (χ1) is 22.7. The molecule has 2 N–H and O–H groups in total. The second-order valence-electron chi connectivity index (χ2n) is 11.4. The van der Waals surface area contributed by atoms with Crippen molar-refractivity contribution >= 4 is 34.4 Å². The minimum atomic E-state index is -1.09. The smallest absolute Gasteiger partial charge is 0.335 e. The summed E-state index contributed by atoms with van der Waals surface area (Å²) in [5.74, 6) is -2.60. The number of anilines is 1. The Bertz CT molecular complexity index is 2210. The zero-order valence-corrected chi connectivity index (χ0v) is 25.4. The average molecular weight is 630 g/mol. The number of nitrogens with zero attached hydrogens (tertiary/aromatic N) is 6. The molecule has 3 heterocycles. The predicted octanol–water partition coefficient (Wildman–Crippen LogP) is 5.35. The maximum absolute atomic E-state index is 14.9. The summed E-state index contributed by atoms with van der Waals surface area (Å²) in [6.07, 6.45) is 3.62. The molecule has 1 unspecified atom stereocenters. The highest BCUT2D eigenvalue weighted by Gasteiger charge is 2.38. The second kappa shape index (κ2) is 11.6. The summed E-state index contributed by atoms with van der Waals surface area (Å²) in [5.41, 5.74) is 5.41. The fourth-order valence-corrected chi connectivity index (χ4v) is 6.11. The Balaban J connectivity index is 1.28. The normalized spacial score (nSPS) is 14.2. The van der Waals surface area contributed by atoms with E-state index in [2.05, 4.69) is 26.8 Å². The first-order valence-corrected chi connectivity index (χ1v) is 14.9. The molecule has 1 atom stereocenters. The van der Waals surface area contributed by atoms with Crippen LogP contribution in [-0.2, 0) is 18.3 Å². The number of aryl methyl sites for hydroxylation is 2. The highest BCUT2D eigenvalue weighted by atomic mass is 19.1. The van der Waals surface area contributed by atoms with Crippen molar-refractivity contribution in [2.24, 2.45) is 7.05 Å². The van der Waals surface area contributed by atoms with Gasteiger partial charge >= 0.3 is 5.97 Å². The van der Waals surface area contributed by atoms with Crippen LogP contribution in [0, 0.1) is 12.7 Å². The average Bonchev–Trinajstić information content (AvgIpc) is 3.72. The van der Waals surface area contributed by atoms with E-state index < -0.39 is 29.6 Å². The number of carboxylic acids is 1. The minimum absolute atomic E-state index is 0.0452. The van der Waals surface area contributed by atoms with Crippen molar-refractivity contribution in [1.29, 1.82) is 0 Å². The number of hydrogen-bond acceptors (Lipinski definition) is 6. The van der Waals surface area contributed by atoms with E-state index >= 15 is 0 Å². The maximum Gasteiger partial charge on any atom is 0.335 e. The Labute approximate surface area is 267 Å². The highest BCUT2D eigenvalue weighted by molar-refractivity contribution is 6.02. The van der Waals surface area contributed by atoms with E-state index in [1.165, 1.54) is 40.0 Å². The van der Waals surface area contributed by atoms with E-state index in [4.69, 9.17) is 0 Å². The third kappa shape index (κ3) is 5.29. The molecule has 0 radical (unpaired) electrons. The van der Waals surface area contributed by atoms with Crippen LogP contribution in [0.2, 0.25) is 0 Å². The Hall–Kier alpha value is -6.17. The van der Waals surface area contributed by atoms with E-state index in [0.29, 0.717) is 23.2 Å². The lowest BCUT2D eigenvalue weighted by Gasteiger charge is -2.37. The molecule has 2 aromatic heterocycles. The third-order valence-corrected chi connectivity index (χ3v) is 8.52. The van der Waals surface area contributed by atoms with Gasteiger partial charge in [-0.3, -0.25) is 14.3 Å². The van der Waals surface area contributed by atoms with E-state index in [9.17, 15) is 23.9 Å². The topological polar surface area (TPSA) is 135 Å². The van der Waals surface area contributed by atoms with E-state index in [-0.39, 0.29) is 23.5 Å². The lowest BCUT2D eigenvalue weighted by atomic mass is 9.85. The number of benzene rings is 4. The Morgan fingerprint density at radius 3 is 2.57 bits per heavy atom. The molecule has 12 heteroatoms. The number of fused-ring (bicyclic) bond motifs is 2. The molecule has 0 aliphatic carbocycles.